The summed E-state index contributed by atoms with van der Waals surface area (Å²) >= 11 is 1.48. The number of rotatable bonds is 5. The number of amides is 1. The highest BCUT2D eigenvalue weighted by atomic mass is 32.1. The van der Waals surface area contributed by atoms with E-state index in [0.717, 1.165) is 10.7 Å². The quantitative estimate of drug-likeness (QED) is 0.676. The van der Waals surface area contributed by atoms with Crippen LogP contribution < -0.4 is 5.56 Å². The van der Waals surface area contributed by atoms with Crippen LogP contribution in [-0.4, -0.2) is 37.4 Å². The van der Waals surface area contributed by atoms with E-state index in [1.54, 1.807) is 49.7 Å². The number of pyridine rings is 1. The summed E-state index contributed by atoms with van der Waals surface area (Å²) in [6.45, 7) is 5.78. The van der Waals surface area contributed by atoms with E-state index in [4.69, 9.17) is 0 Å². The molecule has 0 radical (unpaired) electrons. The highest BCUT2D eigenvalue weighted by Crippen LogP contribution is 2.22. The fourth-order valence-corrected chi connectivity index (χ4v) is 3.42. The highest BCUT2D eigenvalue weighted by molar-refractivity contribution is 7.09. The normalized spacial score (nSPS) is 12.0. The molecule has 3 rings (SSSR count). The van der Waals surface area contributed by atoms with Gasteiger partial charge >= 0.3 is 0 Å². The van der Waals surface area contributed by atoms with Gasteiger partial charge in [0.1, 0.15) is 10.6 Å². The summed E-state index contributed by atoms with van der Waals surface area (Å²) in [4.78, 5) is 40.3. The standard InChI is InChI=1S/C19H21N5O2S/c1-12-5-7-24(11-15-10-21-13(2)9-22-15)19(26)16(12)18(25)23(4)14(3)17-20-6-8-27-17/h5-10,14H,11H2,1-4H3. The number of hydrogen-bond acceptors (Lipinski definition) is 6. The third-order valence-electron chi connectivity index (χ3n) is 4.46. The average molecular weight is 383 g/mol. The third kappa shape index (κ3) is 3.95. The lowest BCUT2D eigenvalue weighted by Gasteiger charge is -2.24. The molecule has 0 aliphatic heterocycles. The number of hydrogen-bond donors (Lipinski definition) is 0. The van der Waals surface area contributed by atoms with Crippen LogP contribution in [0.1, 0.15) is 45.3 Å². The van der Waals surface area contributed by atoms with Crippen molar-refractivity contribution in [2.45, 2.75) is 33.4 Å². The maximum Gasteiger partial charge on any atom is 0.264 e. The van der Waals surface area contributed by atoms with Crippen molar-refractivity contribution in [2.75, 3.05) is 7.05 Å². The largest absolute Gasteiger partial charge is 0.332 e. The smallest absolute Gasteiger partial charge is 0.264 e. The van der Waals surface area contributed by atoms with Gasteiger partial charge in [0.05, 0.1) is 30.2 Å². The molecule has 8 heteroatoms. The Morgan fingerprint density at radius 1 is 1.26 bits per heavy atom. The molecule has 1 amide bonds. The molecule has 3 aromatic heterocycles. The summed E-state index contributed by atoms with van der Waals surface area (Å²) in [6, 6.07) is 1.56. The Labute approximate surface area is 161 Å². The Kier molecular flexibility index (Phi) is 5.46. The zero-order valence-electron chi connectivity index (χ0n) is 15.7. The second kappa shape index (κ2) is 7.79. The van der Waals surface area contributed by atoms with E-state index in [2.05, 4.69) is 15.0 Å². The lowest BCUT2D eigenvalue weighted by molar-refractivity contribution is 0.0739. The number of aromatic nitrogens is 4. The van der Waals surface area contributed by atoms with Crippen LogP contribution in [0.3, 0.4) is 0 Å². The van der Waals surface area contributed by atoms with Crippen molar-refractivity contribution >= 4 is 17.2 Å². The molecule has 0 aliphatic rings. The van der Waals surface area contributed by atoms with E-state index in [0.29, 0.717) is 11.3 Å². The Hall–Kier alpha value is -2.87. The van der Waals surface area contributed by atoms with E-state index in [1.807, 2.05) is 19.2 Å². The van der Waals surface area contributed by atoms with Crippen LogP contribution in [0.2, 0.25) is 0 Å². The Bertz CT molecular complexity index is 996. The zero-order chi connectivity index (χ0) is 19.6. The molecule has 0 bridgehead atoms. The third-order valence-corrected chi connectivity index (χ3v) is 5.41. The summed E-state index contributed by atoms with van der Waals surface area (Å²) in [6.07, 6.45) is 6.68. The molecular weight excluding hydrogens is 362 g/mol. The molecule has 0 saturated heterocycles. The molecule has 140 valence electrons. The minimum absolute atomic E-state index is 0.170. The summed E-state index contributed by atoms with van der Waals surface area (Å²) in [5.74, 6) is -0.315. The molecule has 0 N–H and O–H groups in total. The van der Waals surface area contributed by atoms with Gasteiger partial charge in [0.25, 0.3) is 11.5 Å². The van der Waals surface area contributed by atoms with Gasteiger partial charge in [-0.25, -0.2) is 4.98 Å². The van der Waals surface area contributed by atoms with Gasteiger partial charge in [-0.3, -0.25) is 19.6 Å². The van der Waals surface area contributed by atoms with E-state index in [-0.39, 0.29) is 29.6 Å². The van der Waals surface area contributed by atoms with Crippen molar-refractivity contribution in [3.63, 3.8) is 0 Å². The van der Waals surface area contributed by atoms with Crippen LogP contribution in [0.15, 0.2) is 41.0 Å². The number of carbonyl (C=O) groups excluding carboxylic acids is 1. The van der Waals surface area contributed by atoms with Gasteiger partial charge in [0.2, 0.25) is 0 Å². The van der Waals surface area contributed by atoms with Crippen molar-refractivity contribution in [3.05, 3.63) is 74.1 Å². The number of aryl methyl sites for hydroxylation is 2. The maximum absolute atomic E-state index is 13.0. The van der Waals surface area contributed by atoms with Gasteiger partial charge in [0, 0.05) is 31.0 Å². The first kappa shape index (κ1) is 18.9. The fourth-order valence-electron chi connectivity index (χ4n) is 2.68. The van der Waals surface area contributed by atoms with Gasteiger partial charge in [-0.2, -0.15) is 0 Å². The lowest BCUT2D eigenvalue weighted by Crippen LogP contribution is -2.36. The number of carbonyl (C=O) groups is 1. The predicted molar refractivity (Wildman–Crippen MR) is 104 cm³/mol. The van der Waals surface area contributed by atoms with Crippen molar-refractivity contribution in [3.8, 4) is 0 Å². The Morgan fingerprint density at radius 3 is 2.67 bits per heavy atom. The molecule has 3 aromatic rings. The van der Waals surface area contributed by atoms with Gasteiger partial charge in [0.15, 0.2) is 0 Å². The summed E-state index contributed by atoms with van der Waals surface area (Å²) < 4.78 is 1.49. The first-order chi connectivity index (χ1) is 12.9. The molecule has 1 unspecified atom stereocenters. The monoisotopic (exact) mass is 383 g/mol. The fraction of sp³-hybridized carbons (Fsp3) is 0.316. The summed E-state index contributed by atoms with van der Waals surface area (Å²) in [5, 5.41) is 2.70. The molecule has 7 nitrogen and oxygen atoms in total. The van der Waals surface area contributed by atoms with E-state index in [9.17, 15) is 9.59 Å². The van der Waals surface area contributed by atoms with E-state index < -0.39 is 0 Å². The molecule has 0 fully saturated rings. The molecule has 0 aromatic carbocycles. The number of nitrogens with zero attached hydrogens (tertiary/aromatic N) is 5. The first-order valence-electron chi connectivity index (χ1n) is 8.52. The summed E-state index contributed by atoms with van der Waals surface area (Å²) in [5.41, 5.74) is 1.96. The first-order valence-corrected chi connectivity index (χ1v) is 9.40. The van der Waals surface area contributed by atoms with Gasteiger partial charge in [-0.15, -0.1) is 11.3 Å². The van der Waals surface area contributed by atoms with Gasteiger partial charge in [-0.1, -0.05) is 0 Å². The SMILES string of the molecule is Cc1cnc(Cn2ccc(C)c(C(=O)N(C)C(C)c3nccs3)c2=O)cn1. The number of thiazole rings is 1. The van der Waals surface area contributed by atoms with Crippen molar-refractivity contribution < 1.29 is 4.79 Å². The van der Waals surface area contributed by atoms with Crippen molar-refractivity contribution in [1.29, 1.82) is 0 Å². The minimum atomic E-state index is -0.333. The second-order valence-corrected chi connectivity index (χ2v) is 7.34. The average Bonchev–Trinajstić information content (AvgIpc) is 3.19. The molecular formula is C19H21N5O2S. The van der Waals surface area contributed by atoms with Gasteiger partial charge in [-0.05, 0) is 32.4 Å². The van der Waals surface area contributed by atoms with Crippen molar-refractivity contribution in [1.82, 2.24) is 24.4 Å². The molecule has 0 aliphatic carbocycles. The highest BCUT2D eigenvalue weighted by Gasteiger charge is 2.25. The van der Waals surface area contributed by atoms with Crippen LogP contribution in [0.4, 0.5) is 0 Å². The topological polar surface area (TPSA) is 81.0 Å². The van der Waals surface area contributed by atoms with Crippen LogP contribution in [-0.2, 0) is 6.54 Å². The minimum Gasteiger partial charge on any atom is -0.332 e. The molecule has 0 saturated carbocycles. The zero-order valence-corrected chi connectivity index (χ0v) is 16.5. The molecule has 0 spiro atoms. The van der Waals surface area contributed by atoms with Crippen LogP contribution in [0, 0.1) is 13.8 Å². The van der Waals surface area contributed by atoms with Crippen LogP contribution >= 0.6 is 11.3 Å². The van der Waals surface area contributed by atoms with Crippen LogP contribution in [0.25, 0.3) is 0 Å². The van der Waals surface area contributed by atoms with E-state index in [1.165, 1.54) is 15.9 Å². The van der Waals surface area contributed by atoms with Crippen molar-refractivity contribution in [2.24, 2.45) is 0 Å². The summed E-state index contributed by atoms with van der Waals surface area (Å²) in [7, 11) is 1.69. The molecule has 1 atom stereocenters. The Balaban J connectivity index is 1.91. The van der Waals surface area contributed by atoms with Gasteiger partial charge < -0.3 is 9.47 Å². The lowest BCUT2D eigenvalue weighted by atomic mass is 10.1. The maximum atomic E-state index is 13.0. The predicted octanol–water partition coefficient (Wildman–Crippen LogP) is 2.59. The Morgan fingerprint density at radius 2 is 2.04 bits per heavy atom. The van der Waals surface area contributed by atoms with E-state index >= 15 is 0 Å². The van der Waals surface area contributed by atoms with Crippen LogP contribution in [0.5, 0.6) is 0 Å². The second-order valence-electron chi connectivity index (χ2n) is 6.42. The molecule has 3 heterocycles. The molecule has 27 heavy (non-hydrogen) atoms.